The summed E-state index contributed by atoms with van der Waals surface area (Å²) >= 11 is 5.19. The van der Waals surface area contributed by atoms with Gasteiger partial charge in [-0.1, -0.05) is 17.7 Å². The Kier molecular flexibility index (Phi) is 5.76. The van der Waals surface area contributed by atoms with Crippen LogP contribution in [-0.2, 0) is 4.79 Å². The number of carbonyl (C=O) groups is 1. The van der Waals surface area contributed by atoms with Crippen molar-refractivity contribution < 1.29 is 4.79 Å². The fourth-order valence-electron chi connectivity index (χ4n) is 1.76. The van der Waals surface area contributed by atoms with E-state index in [1.165, 1.54) is 0 Å². The molecule has 1 aromatic carbocycles. The highest BCUT2D eigenvalue weighted by molar-refractivity contribution is 7.80. The third-order valence-corrected chi connectivity index (χ3v) is 3.42. The van der Waals surface area contributed by atoms with Crippen molar-refractivity contribution in [1.29, 1.82) is 0 Å². The molecule has 0 unspecified atom stereocenters. The molecule has 0 aliphatic carbocycles. The van der Waals surface area contributed by atoms with Gasteiger partial charge in [0, 0.05) is 19.3 Å². The van der Waals surface area contributed by atoms with Crippen molar-refractivity contribution in [2.24, 2.45) is 0 Å². The van der Waals surface area contributed by atoms with Gasteiger partial charge in [0.15, 0.2) is 5.11 Å². The summed E-state index contributed by atoms with van der Waals surface area (Å²) in [6.45, 7) is 6.51. The minimum atomic E-state index is -0.314. The van der Waals surface area contributed by atoms with E-state index >= 15 is 0 Å². The van der Waals surface area contributed by atoms with Crippen molar-refractivity contribution in [1.82, 2.24) is 10.2 Å². The van der Waals surface area contributed by atoms with E-state index in [1.807, 2.05) is 49.9 Å². The molecule has 0 bridgehead atoms. The molecular weight excluding hydrogens is 258 g/mol. The lowest BCUT2D eigenvalue weighted by atomic mass is 10.2. The monoisotopic (exact) mass is 279 g/mol. The maximum atomic E-state index is 12.2. The van der Waals surface area contributed by atoms with E-state index < -0.39 is 0 Å². The number of nitrogens with one attached hydrogen (secondary N) is 2. The van der Waals surface area contributed by atoms with Crippen LogP contribution in [0, 0.1) is 6.92 Å². The quantitative estimate of drug-likeness (QED) is 0.829. The first-order chi connectivity index (χ1) is 8.99. The second kappa shape index (κ2) is 7.09. The molecule has 0 spiro atoms. The molecule has 1 rings (SSSR count). The van der Waals surface area contributed by atoms with Crippen molar-refractivity contribution >= 4 is 28.9 Å². The van der Waals surface area contributed by atoms with Crippen LogP contribution in [0.5, 0.6) is 0 Å². The van der Waals surface area contributed by atoms with Gasteiger partial charge in [-0.3, -0.25) is 4.79 Å². The molecule has 0 saturated carbocycles. The molecule has 1 aromatic rings. The highest BCUT2D eigenvalue weighted by atomic mass is 32.1. The zero-order valence-corrected chi connectivity index (χ0v) is 12.7. The molecule has 5 heteroatoms. The van der Waals surface area contributed by atoms with Crippen molar-refractivity contribution in [2.45, 2.75) is 26.8 Å². The van der Waals surface area contributed by atoms with E-state index in [-0.39, 0.29) is 11.9 Å². The van der Waals surface area contributed by atoms with Gasteiger partial charge in [0.2, 0.25) is 5.91 Å². The molecule has 0 aliphatic rings. The van der Waals surface area contributed by atoms with Crippen LogP contribution in [0.3, 0.4) is 0 Å². The summed E-state index contributed by atoms with van der Waals surface area (Å²) < 4.78 is 0. The van der Waals surface area contributed by atoms with Gasteiger partial charge in [0.05, 0.1) is 0 Å². The van der Waals surface area contributed by atoms with E-state index in [0.29, 0.717) is 11.7 Å². The standard InChI is InChI=1S/C14H21N3OS/c1-5-17(14(19)15-4)11(3)13(18)16-12-8-6-10(2)7-9-12/h6-9,11H,5H2,1-4H3,(H,15,19)(H,16,18)/t11-/m0/s1. The molecular formula is C14H21N3OS. The molecule has 104 valence electrons. The van der Waals surface area contributed by atoms with Crippen LogP contribution in [0.25, 0.3) is 0 Å². The number of rotatable bonds is 4. The van der Waals surface area contributed by atoms with Gasteiger partial charge in [-0.05, 0) is 45.1 Å². The number of aryl methyl sites for hydroxylation is 1. The number of hydrogen-bond donors (Lipinski definition) is 2. The largest absolute Gasteiger partial charge is 0.366 e. The molecule has 4 nitrogen and oxygen atoms in total. The predicted octanol–water partition coefficient (Wildman–Crippen LogP) is 2.15. The van der Waals surface area contributed by atoms with Crippen LogP contribution in [-0.4, -0.2) is 35.6 Å². The Morgan fingerprint density at radius 3 is 2.42 bits per heavy atom. The number of thiocarbonyl (C=S) groups is 1. The van der Waals surface area contributed by atoms with E-state index in [2.05, 4.69) is 10.6 Å². The lowest BCUT2D eigenvalue weighted by Crippen LogP contribution is -2.48. The number of benzene rings is 1. The van der Waals surface area contributed by atoms with Crippen LogP contribution in [0.15, 0.2) is 24.3 Å². The maximum absolute atomic E-state index is 12.2. The van der Waals surface area contributed by atoms with E-state index in [9.17, 15) is 4.79 Å². The van der Waals surface area contributed by atoms with Gasteiger partial charge in [0.25, 0.3) is 0 Å². The lowest BCUT2D eigenvalue weighted by molar-refractivity contribution is -0.119. The van der Waals surface area contributed by atoms with Crippen molar-refractivity contribution in [2.75, 3.05) is 18.9 Å². The fourth-order valence-corrected chi connectivity index (χ4v) is 2.05. The molecule has 0 aliphatic heterocycles. The molecule has 0 fully saturated rings. The number of hydrogen-bond acceptors (Lipinski definition) is 2. The molecule has 1 amide bonds. The number of carbonyl (C=O) groups excluding carboxylic acids is 1. The smallest absolute Gasteiger partial charge is 0.246 e. The summed E-state index contributed by atoms with van der Waals surface area (Å²) in [5, 5.41) is 6.37. The molecule has 0 saturated heterocycles. The van der Waals surface area contributed by atoms with Crippen molar-refractivity contribution in [3.63, 3.8) is 0 Å². The average Bonchev–Trinajstić information content (AvgIpc) is 2.41. The Labute approximate surface area is 120 Å². The molecule has 2 N–H and O–H groups in total. The van der Waals surface area contributed by atoms with Crippen LogP contribution >= 0.6 is 12.2 Å². The lowest BCUT2D eigenvalue weighted by Gasteiger charge is -2.29. The van der Waals surface area contributed by atoms with Crippen LogP contribution in [0.4, 0.5) is 5.69 Å². The molecule has 0 heterocycles. The van der Waals surface area contributed by atoms with Crippen LogP contribution in [0.1, 0.15) is 19.4 Å². The summed E-state index contributed by atoms with van der Waals surface area (Å²) in [7, 11) is 1.76. The molecule has 0 aromatic heterocycles. The third-order valence-electron chi connectivity index (χ3n) is 2.98. The maximum Gasteiger partial charge on any atom is 0.246 e. The van der Waals surface area contributed by atoms with Crippen LogP contribution in [0.2, 0.25) is 0 Å². The first-order valence-corrected chi connectivity index (χ1v) is 6.76. The first kappa shape index (κ1) is 15.4. The van der Waals surface area contributed by atoms with Crippen LogP contribution < -0.4 is 10.6 Å². The van der Waals surface area contributed by atoms with Gasteiger partial charge in [-0.25, -0.2) is 0 Å². The second-order valence-corrected chi connectivity index (χ2v) is 4.76. The number of amides is 1. The minimum absolute atomic E-state index is 0.0664. The third kappa shape index (κ3) is 4.21. The topological polar surface area (TPSA) is 44.4 Å². The average molecular weight is 279 g/mol. The van der Waals surface area contributed by atoms with Crippen molar-refractivity contribution in [3.05, 3.63) is 29.8 Å². The number of anilines is 1. The van der Waals surface area contributed by atoms with E-state index in [1.54, 1.807) is 7.05 Å². The van der Waals surface area contributed by atoms with Gasteiger partial charge >= 0.3 is 0 Å². The van der Waals surface area contributed by atoms with Gasteiger partial charge in [-0.15, -0.1) is 0 Å². The highest BCUT2D eigenvalue weighted by Crippen LogP contribution is 2.10. The molecule has 19 heavy (non-hydrogen) atoms. The Bertz CT molecular complexity index is 445. The minimum Gasteiger partial charge on any atom is -0.366 e. The summed E-state index contributed by atoms with van der Waals surface area (Å²) in [6.07, 6.45) is 0. The Morgan fingerprint density at radius 1 is 1.37 bits per heavy atom. The van der Waals surface area contributed by atoms with Crippen molar-refractivity contribution in [3.8, 4) is 0 Å². The molecule has 0 radical (unpaired) electrons. The first-order valence-electron chi connectivity index (χ1n) is 6.35. The fraction of sp³-hybridized carbons (Fsp3) is 0.429. The zero-order valence-electron chi connectivity index (χ0n) is 11.9. The summed E-state index contributed by atoms with van der Waals surface area (Å²) in [5.74, 6) is -0.0664. The second-order valence-electron chi connectivity index (χ2n) is 4.37. The summed E-state index contributed by atoms with van der Waals surface area (Å²) in [6, 6.07) is 7.41. The number of nitrogens with zero attached hydrogens (tertiary/aromatic N) is 1. The van der Waals surface area contributed by atoms with E-state index in [4.69, 9.17) is 12.2 Å². The summed E-state index contributed by atoms with van der Waals surface area (Å²) in [5.41, 5.74) is 1.96. The van der Waals surface area contributed by atoms with Gasteiger partial charge < -0.3 is 15.5 Å². The normalized spacial score (nSPS) is 11.6. The Balaban J connectivity index is 2.71. The molecule has 1 atom stereocenters. The van der Waals surface area contributed by atoms with Gasteiger partial charge in [0.1, 0.15) is 6.04 Å². The zero-order chi connectivity index (χ0) is 14.4. The van der Waals surface area contributed by atoms with E-state index in [0.717, 1.165) is 11.3 Å². The Morgan fingerprint density at radius 2 is 1.95 bits per heavy atom. The summed E-state index contributed by atoms with van der Waals surface area (Å²) in [4.78, 5) is 14.0. The SMILES string of the molecule is CCN(C(=S)NC)[C@@H](C)C(=O)Nc1ccc(C)cc1. The van der Waals surface area contributed by atoms with Gasteiger partial charge in [-0.2, -0.15) is 0 Å². The number of likely N-dealkylation sites (N-methyl/N-ethyl adjacent to an activating group) is 1. The highest BCUT2D eigenvalue weighted by Gasteiger charge is 2.21. The predicted molar refractivity (Wildman–Crippen MR) is 83.3 cm³/mol. The Hall–Kier alpha value is -1.62.